The summed E-state index contributed by atoms with van der Waals surface area (Å²) in [5.41, 5.74) is 1.82. The monoisotopic (exact) mass is 219 g/mol. The summed E-state index contributed by atoms with van der Waals surface area (Å²) in [5, 5.41) is 9.60. The highest BCUT2D eigenvalue weighted by molar-refractivity contribution is 5.83. The smallest absolute Gasteiger partial charge is 0.146 e. The molecule has 0 atom stereocenters. The van der Waals surface area contributed by atoms with E-state index in [1.165, 1.54) is 0 Å². The second kappa shape index (κ2) is 4.47. The molecule has 0 amide bonds. The van der Waals surface area contributed by atoms with Gasteiger partial charge in [0.15, 0.2) is 0 Å². The van der Waals surface area contributed by atoms with Gasteiger partial charge in [0.25, 0.3) is 0 Å². The van der Waals surface area contributed by atoms with Crippen LogP contribution in [0.3, 0.4) is 0 Å². The average Bonchev–Trinajstić information content (AvgIpc) is 2.23. The zero-order valence-electron chi connectivity index (χ0n) is 10.1. The number of phenolic OH excluding ortho intramolecular Hbond substituents is 1. The van der Waals surface area contributed by atoms with Gasteiger partial charge in [0.1, 0.15) is 17.6 Å². The van der Waals surface area contributed by atoms with E-state index in [2.05, 4.69) is 4.99 Å². The van der Waals surface area contributed by atoms with Crippen LogP contribution in [0.5, 0.6) is 5.75 Å². The Kier molecular flexibility index (Phi) is 3.48. The topological polar surface area (TPSA) is 49.7 Å². The van der Waals surface area contributed by atoms with Crippen molar-refractivity contribution in [1.29, 1.82) is 0 Å². The highest BCUT2D eigenvalue weighted by Crippen LogP contribution is 2.22. The van der Waals surface area contributed by atoms with Crippen LogP contribution in [0.25, 0.3) is 0 Å². The van der Waals surface area contributed by atoms with E-state index in [-0.39, 0.29) is 0 Å². The van der Waals surface area contributed by atoms with Gasteiger partial charge in [0.2, 0.25) is 0 Å². The number of hydrogen-bond acceptors (Lipinski definition) is 3. The predicted octanol–water partition coefficient (Wildman–Crippen LogP) is 2.41. The van der Waals surface area contributed by atoms with Crippen LogP contribution >= 0.6 is 0 Å². The Morgan fingerprint density at radius 2 is 1.75 bits per heavy atom. The van der Waals surface area contributed by atoms with Gasteiger partial charge in [-0.2, -0.15) is 0 Å². The summed E-state index contributed by atoms with van der Waals surface area (Å²) in [6.45, 7) is 7.17. The zero-order valence-corrected chi connectivity index (χ0v) is 10.1. The lowest BCUT2D eigenvalue weighted by Gasteiger charge is -2.10. The molecule has 0 unspecified atom stereocenters. The Labute approximate surface area is 95.8 Å². The van der Waals surface area contributed by atoms with E-state index in [0.717, 1.165) is 23.0 Å². The van der Waals surface area contributed by atoms with Crippen LogP contribution in [-0.2, 0) is 4.79 Å². The molecule has 0 bridgehead atoms. The van der Waals surface area contributed by atoms with Crippen LogP contribution in [0.15, 0.2) is 17.1 Å². The molecule has 1 N–H and O–H groups in total. The summed E-state index contributed by atoms with van der Waals surface area (Å²) in [4.78, 5) is 14.9. The molecule has 0 heterocycles. The average molecular weight is 219 g/mol. The number of aliphatic imine (C=N–C) groups is 1. The fourth-order valence-electron chi connectivity index (χ4n) is 1.34. The van der Waals surface area contributed by atoms with Gasteiger partial charge in [-0.05, 0) is 56.5 Å². The van der Waals surface area contributed by atoms with Crippen molar-refractivity contribution < 1.29 is 9.90 Å². The number of carbonyl (C=O) groups is 1. The molecule has 3 nitrogen and oxygen atoms in total. The number of rotatable bonds is 3. The molecule has 0 saturated heterocycles. The molecule has 0 radical (unpaired) electrons. The summed E-state index contributed by atoms with van der Waals surface area (Å²) in [6.07, 6.45) is 2.47. The van der Waals surface area contributed by atoms with Crippen molar-refractivity contribution in [3.8, 4) is 5.75 Å². The lowest BCUT2D eigenvalue weighted by molar-refractivity contribution is -0.111. The first-order valence-electron chi connectivity index (χ1n) is 5.17. The molecule has 0 aliphatic heterocycles. The van der Waals surface area contributed by atoms with Crippen molar-refractivity contribution in [1.82, 2.24) is 0 Å². The van der Waals surface area contributed by atoms with Crippen LogP contribution < -0.4 is 0 Å². The molecule has 1 aromatic rings. The molecule has 0 saturated carbocycles. The van der Waals surface area contributed by atoms with Crippen molar-refractivity contribution in [3.63, 3.8) is 0 Å². The number of nitrogens with zero attached hydrogens (tertiary/aromatic N) is 1. The van der Waals surface area contributed by atoms with Crippen LogP contribution in [0.1, 0.15) is 30.5 Å². The number of aryl methyl sites for hydroxylation is 2. The van der Waals surface area contributed by atoms with E-state index in [1.807, 2.05) is 26.0 Å². The number of carbonyl (C=O) groups excluding carboxylic acids is 1. The highest BCUT2D eigenvalue weighted by atomic mass is 16.3. The third-order valence-corrected chi connectivity index (χ3v) is 2.35. The van der Waals surface area contributed by atoms with Crippen molar-refractivity contribution in [2.45, 2.75) is 33.2 Å². The van der Waals surface area contributed by atoms with Crippen molar-refractivity contribution in [3.05, 3.63) is 28.8 Å². The van der Waals surface area contributed by atoms with Crippen LogP contribution in [0, 0.1) is 13.8 Å². The Balaban J connectivity index is 3.04. The molecule has 16 heavy (non-hydrogen) atoms. The van der Waals surface area contributed by atoms with Gasteiger partial charge >= 0.3 is 0 Å². The van der Waals surface area contributed by atoms with E-state index >= 15 is 0 Å². The van der Waals surface area contributed by atoms with Gasteiger partial charge in [0.05, 0.1) is 0 Å². The number of benzene rings is 1. The molecular formula is C13H17NO2. The van der Waals surface area contributed by atoms with Gasteiger partial charge in [-0.25, -0.2) is 0 Å². The van der Waals surface area contributed by atoms with E-state index in [9.17, 15) is 9.90 Å². The SMILES string of the molecule is Cc1cc(/C=N\C(C)(C)C=O)cc(C)c1O. The van der Waals surface area contributed by atoms with E-state index in [1.54, 1.807) is 20.1 Å². The molecule has 3 heteroatoms. The van der Waals surface area contributed by atoms with E-state index < -0.39 is 5.54 Å². The quantitative estimate of drug-likeness (QED) is 0.627. The Morgan fingerprint density at radius 3 is 2.19 bits per heavy atom. The largest absolute Gasteiger partial charge is 0.507 e. The summed E-state index contributed by atoms with van der Waals surface area (Å²) < 4.78 is 0. The maximum absolute atomic E-state index is 10.7. The Bertz CT molecular complexity index is 411. The maximum Gasteiger partial charge on any atom is 0.146 e. The molecule has 0 aliphatic carbocycles. The number of aromatic hydroxyl groups is 1. The van der Waals surface area contributed by atoms with Gasteiger partial charge < -0.3 is 9.90 Å². The normalized spacial score (nSPS) is 12.0. The maximum atomic E-state index is 10.7. The predicted molar refractivity (Wildman–Crippen MR) is 65.3 cm³/mol. The Morgan fingerprint density at radius 1 is 1.25 bits per heavy atom. The second-order valence-electron chi connectivity index (χ2n) is 4.53. The molecule has 1 aromatic carbocycles. The minimum absolute atomic E-state index is 0.312. The number of phenols is 1. The summed E-state index contributed by atoms with van der Waals surface area (Å²) >= 11 is 0. The van der Waals surface area contributed by atoms with E-state index in [4.69, 9.17) is 0 Å². The number of hydrogen-bond donors (Lipinski definition) is 1. The first kappa shape index (κ1) is 12.4. The van der Waals surface area contributed by atoms with Crippen molar-refractivity contribution in [2.75, 3.05) is 0 Å². The first-order valence-corrected chi connectivity index (χ1v) is 5.17. The minimum atomic E-state index is -0.695. The van der Waals surface area contributed by atoms with Gasteiger partial charge in [-0.1, -0.05) is 0 Å². The third-order valence-electron chi connectivity index (χ3n) is 2.35. The molecule has 0 fully saturated rings. The van der Waals surface area contributed by atoms with Crippen molar-refractivity contribution >= 4 is 12.5 Å². The molecule has 1 rings (SSSR count). The van der Waals surface area contributed by atoms with Crippen molar-refractivity contribution in [2.24, 2.45) is 4.99 Å². The second-order valence-corrected chi connectivity index (χ2v) is 4.53. The van der Waals surface area contributed by atoms with Gasteiger partial charge in [0, 0.05) is 6.21 Å². The molecule has 0 aromatic heterocycles. The Hall–Kier alpha value is -1.64. The highest BCUT2D eigenvalue weighted by Gasteiger charge is 2.12. The summed E-state index contributed by atoms with van der Waals surface area (Å²) in [7, 11) is 0. The fraction of sp³-hybridized carbons (Fsp3) is 0.385. The van der Waals surface area contributed by atoms with Gasteiger partial charge in [-0.3, -0.25) is 4.99 Å². The summed E-state index contributed by atoms with van der Waals surface area (Å²) in [5.74, 6) is 0.312. The first-order chi connectivity index (χ1) is 7.35. The fourth-order valence-corrected chi connectivity index (χ4v) is 1.34. The standard InChI is InChI=1S/C13H17NO2/c1-9-5-11(6-10(2)12(9)16)7-14-13(3,4)8-15/h5-8,16H,1-4H3/b14-7-. The number of aldehydes is 1. The third kappa shape index (κ3) is 2.92. The van der Waals surface area contributed by atoms with Crippen LogP contribution in [-0.4, -0.2) is 23.1 Å². The molecule has 0 aliphatic rings. The molecule has 86 valence electrons. The lowest BCUT2D eigenvalue weighted by atomic mass is 10.1. The summed E-state index contributed by atoms with van der Waals surface area (Å²) in [6, 6.07) is 3.68. The molecule has 0 spiro atoms. The van der Waals surface area contributed by atoms with E-state index in [0.29, 0.717) is 5.75 Å². The van der Waals surface area contributed by atoms with Gasteiger partial charge in [-0.15, -0.1) is 0 Å². The lowest BCUT2D eigenvalue weighted by Crippen LogP contribution is -2.18. The van der Waals surface area contributed by atoms with Crippen LogP contribution in [0.4, 0.5) is 0 Å². The van der Waals surface area contributed by atoms with Crippen LogP contribution in [0.2, 0.25) is 0 Å². The minimum Gasteiger partial charge on any atom is -0.507 e. The molecular weight excluding hydrogens is 202 g/mol. The zero-order chi connectivity index (χ0) is 12.3.